The van der Waals surface area contributed by atoms with Crippen LogP contribution in [0.25, 0.3) is 0 Å². The van der Waals surface area contributed by atoms with E-state index < -0.39 is 5.97 Å². The number of nitrogens with two attached hydrogens (primary N) is 1. The maximum absolute atomic E-state index is 10.8. The van der Waals surface area contributed by atoms with E-state index in [0.29, 0.717) is 12.1 Å². The first-order valence-corrected chi connectivity index (χ1v) is 4.56. The molecule has 16 heavy (non-hydrogen) atoms. The predicted molar refractivity (Wildman–Crippen MR) is 54.9 cm³/mol. The molecule has 0 aliphatic rings. The van der Waals surface area contributed by atoms with Crippen molar-refractivity contribution in [2.75, 3.05) is 5.73 Å². The molecule has 0 radical (unpaired) electrons. The first-order valence-electron chi connectivity index (χ1n) is 4.56. The lowest BCUT2D eigenvalue weighted by Gasteiger charge is -1.99. The van der Waals surface area contributed by atoms with Crippen LogP contribution in [-0.2, 0) is 6.42 Å². The number of carboxylic acid groups (broad SMARTS) is 1. The molecule has 1 aromatic carbocycles. The molecule has 3 N–H and O–H groups in total. The second-order valence-electron chi connectivity index (χ2n) is 3.28. The van der Waals surface area contributed by atoms with Gasteiger partial charge in [0.15, 0.2) is 5.82 Å². The largest absolute Gasteiger partial charge is 0.478 e. The summed E-state index contributed by atoms with van der Waals surface area (Å²) in [7, 11) is 0. The molecule has 0 amide bonds. The number of hydrogen-bond acceptors (Lipinski definition) is 5. The predicted octanol–water partition coefficient (Wildman–Crippen LogP) is 0.941. The number of nitrogens with zero attached hydrogens (tertiary/aromatic N) is 2. The highest BCUT2D eigenvalue weighted by Gasteiger charge is 2.09. The summed E-state index contributed by atoms with van der Waals surface area (Å²) in [4.78, 5) is 10.8. The molecule has 1 heterocycles. The van der Waals surface area contributed by atoms with Crippen LogP contribution in [0.2, 0.25) is 0 Å². The summed E-state index contributed by atoms with van der Waals surface area (Å²) in [5, 5.41) is 15.9. The van der Waals surface area contributed by atoms with Crippen molar-refractivity contribution in [2.24, 2.45) is 0 Å². The van der Waals surface area contributed by atoms with E-state index in [1.165, 1.54) is 6.07 Å². The molecule has 0 bridgehead atoms. The summed E-state index contributed by atoms with van der Waals surface area (Å²) in [5.74, 6) is -0.742. The van der Waals surface area contributed by atoms with Gasteiger partial charge < -0.3 is 10.8 Å². The number of aromatic nitrogens is 2. The van der Waals surface area contributed by atoms with Crippen molar-refractivity contribution in [3.05, 3.63) is 41.1 Å². The summed E-state index contributed by atoms with van der Waals surface area (Å²) in [6.07, 6.45) is 0.399. The van der Waals surface area contributed by atoms with Gasteiger partial charge in [0.1, 0.15) is 5.69 Å². The van der Waals surface area contributed by atoms with Gasteiger partial charge >= 0.3 is 5.97 Å². The molecular formula is C10H9N3O3. The van der Waals surface area contributed by atoms with Crippen LogP contribution in [0.3, 0.4) is 0 Å². The number of aromatic carboxylic acids is 1. The Hall–Kier alpha value is -2.37. The Labute approximate surface area is 90.7 Å². The van der Waals surface area contributed by atoms with Crippen molar-refractivity contribution >= 4 is 11.8 Å². The zero-order chi connectivity index (χ0) is 11.5. The van der Waals surface area contributed by atoms with Crippen LogP contribution in [-0.4, -0.2) is 21.4 Å². The zero-order valence-corrected chi connectivity index (χ0v) is 8.25. The average molecular weight is 219 g/mol. The van der Waals surface area contributed by atoms with E-state index in [1.807, 2.05) is 0 Å². The minimum atomic E-state index is -0.965. The minimum Gasteiger partial charge on any atom is -0.478 e. The molecule has 0 spiro atoms. The monoisotopic (exact) mass is 219 g/mol. The van der Waals surface area contributed by atoms with Gasteiger partial charge in [0.2, 0.25) is 0 Å². The van der Waals surface area contributed by atoms with Crippen molar-refractivity contribution < 1.29 is 14.5 Å². The Morgan fingerprint density at radius 2 is 2.25 bits per heavy atom. The number of hydrogen-bond donors (Lipinski definition) is 2. The van der Waals surface area contributed by atoms with E-state index in [2.05, 4.69) is 14.9 Å². The Morgan fingerprint density at radius 1 is 1.44 bits per heavy atom. The molecule has 0 saturated carbocycles. The van der Waals surface area contributed by atoms with E-state index >= 15 is 0 Å². The van der Waals surface area contributed by atoms with Gasteiger partial charge in [0.25, 0.3) is 0 Å². The van der Waals surface area contributed by atoms with Crippen molar-refractivity contribution in [3.8, 4) is 0 Å². The summed E-state index contributed by atoms with van der Waals surface area (Å²) in [6, 6.07) is 6.55. The topological polar surface area (TPSA) is 102 Å². The molecule has 0 atom stereocenters. The summed E-state index contributed by atoms with van der Waals surface area (Å²) >= 11 is 0. The molecule has 2 rings (SSSR count). The summed E-state index contributed by atoms with van der Waals surface area (Å²) in [6.45, 7) is 0. The molecule has 0 aliphatic carbocycles. The van der Waals surface area contributed by atoms with Crippen LogP contribution < -0.4 is 5.73 Å². The van der Waals surface area contributed by atoms with Crippen LogP contribution in [0.15, 0.2) is 28.9 Å². The van der Waals surface area contributed by atoms with Crippen LogP contribution in [0.4, 0.5) is 5.82 Å². The van der Waals surface area contributed by atoms with E-state index in [4.69, 9.17) is 10.8 Å². The highest BCUT2D eigenvalue weighted by molar-refractivity contribution is 5.87. The summed E-state index contributed by atoms with van der Waals surface area (Å²) in [5.41, 5.74) is 7.03. The lowest BCUT2D eigenvalue weighted by molar-refractivity contribution is 0.0697. The van der Waals surface area contributed by atoms with Gasteiger partial charge in [-0.2, -0.15) is 0 Å². The third-order valence-corrected chi connectivity index (χ3v) is 2.13. The molecule has 2 aromatic rings. The average Bonchev–Trinajstić information content (AvgIpc) is 2.65. The molecule has 82 valence electrons. The molecule has 0 saturated heterocycles. The van der Waals surface area contributed by atoms with Crippen molar-refractivity contribution in [1.82, 2.24) is 10.3 Å². The first-order chi connectivity index (χ1) is 7.66. The highest BCUT2D eigenvalue weighted by atomic mass is 16.6. The van der Waals surface area contributed by atoms with Crippen LogP contribution in [0.1, 0.15) is 21.6 Å². The SMILES string of the molecule is Nc1nonc1Cc1cccc(C(=O)O)c1. The van der Waals surface area contributed by atoms with Gasteiger partial charge in [-0.25, -0.2) is 9.42 Å². The fourth-order valence-electron chi connectivity index (χ4n) is 1.34. The Balaban J connectivity index is 2.25. The highest BCUT2D eigenvalue weighted by Crippen LogP contribution is 2.13. The second kappa shape index (κ2) is 4.01. The van der Waals surface area contributed by atoms with E-state index in [0.717, 1.165) is 5.56 Å². The maximum atomic E-state index is 10.8. The van der Waals surface area contributed by atoms with Gasteiger partial charge in [0.05, 0.1) is 5.56 Å². The molecule has 6 heteroatoms. The van der Waals surface area contributed by atoms with Gasteiger partial charge in [-0.3, -0.25) is 0 Å². The number of anilines is 1. The van der Waals surface area contributed by atoms with E-state index in [-0.39, 0.29) is 11.4 Å². The van der Waals surface area contributed by atoms with Crippen LogP contribution in [0.5, 0.6) is 0 Å². The quantitative estimate of drug-likeness (QED) is 0.796. The van der Waals surface area contributed by atoms with Crippen molar-refractivity contribution in [2.45, 2.75) is 6.42 Å². The molecule has 1 aromatic heterocycles. The van der Waals surface area contributed by atoms with Gasteiger partial charge in [0, 0.05) is 6.42 Å². The van der Waals surface area contributed by atoms with Gasteiger partial charge in [-0.15, -0.1) is 0 Å². The van der Waals surface area contributed by atoms with Crippen molar-refractivity contribution in [1.29, 1.82) is 0 Å². The van der Waals surface area contributed by atoms with Crippen LogP contribution >= 0.6 is 0 Å². The van der Waals surface area contributed by atoms with E-state index in [9.17, 15) is 4.79 Å². The fraction of sp³-hybridized carbons (Fsp3) is 0.100. The smallest absolute Gasteiger partial charge is 0.335 e. The Bertz CT molecular complexity index is 522. The van der Waals surface area contributed by atoms with Gasteiger partial charge in [-0.05, 0) is 22.9 Å². The van der Waals surface area contributed by atoms with Crippen LogP contribution in [0, 0.1) is 0 Å². The molecule has 6 nitrogen and oxygen atoms in total. The number of benzene rings is 1. The second-order valence-corrected chi connectivity index (χ2v) is 3.28. The number of carboxylic acids is 1. The molecular weight excluding hydrogens is 210 g/mol. The molecule has 0 unspecified atom stereocenters. The zero-order valence-electron chi connectivity index (χ0n) is 8.25. The minimum absolute atomic E-state index is 0.223. The van der Waals surface area contributed by atoms with Crippen molar-refractivity contribution in [3.63, 3.8) is 0 Å². The third-order valence-electron chi connectivity index (χ3n) is 2.13. The number of rotatable bonds is 3. The number of carbonyl (C=O) groups is 1. The summed E-state index contributed by atoms with van der Waals surface area (Å²) < 4.78 is 4.45. The lowest BCUT2D eigenvalue weighted by Crippen LogP contribution is -1.99. The standard InChI is InChI=1S/C10H9N3O3/c11-9-8(12-16-13-9)5-6-2-1-3-7(4-6)10(14)15/h1-4H,5H2,(H2,11,13)(H,14,15). The molecule has 0 fully saturated rings. The van der Waals surface area contributed by atoms with E-state index in [1.54, 1.807) is 18.2 Å². The molecule has 0 aliphatic heterocycles. The lowest BCUT2D eigenvalue weighted by atomic mass is 10.1. The Morgan fingerprint density at radius 3 is 2.88 bits per heavy atom. The third kappa shape index (κ3) is 2.00. The fourth-order valence-corrected chi connectivity index (χ4v) is 1.34. The normalized spacial score (nSPS) is 10.2. The van der Waals surface area contributed by atoms with Gasteiger partial charge in [-0.1, -0.05) is 17.3 Å². The number of nitrogen functional groups attached to an aromatic ring is 1. The first kappa shape index (κ1) is 10.2. The maximum Gasteiger partial charge on any atom is 0.335 e. The Kier molecular flexibility index (Phi) is 2.55.